The van der Waals surface area contributed by atoms with E-state index in [9.17, 15) is 4.79 Å². The van der Waals surface area contributed by atoms with E-state index in [2.05, 4.69) is 32.1 Å². The van der Waals surface area contributed by atoms with Gasteiger partial charge in [0.15, 0.2) is 5.16 Å². The average Bonchev–Trinajstić information content (AvgIpc) is 3.51. The van der Waals surface area contributed by atoms with E-state index in [0.29, 0.717) is 13.1 Å². The van der Waals surface area contributed by atoms with Crippen molar-refractivity contribution in [1.29, 1.82) is 0 Å². The summed E-state index contributed by atoms with van der Waals surface area (Å²) in [6.45, 7) is 1.33. The fourth-order valence-corrected chi connectivity index (χ4v) is 5.24. The van der Waals surface area contributed by atoms with Crippen LogP contribution in [0.15, 0.2) is 84.3 Å². The number of nitrogens with zero attached hydrogens (tertiary/aromatic N) is 3. The molecule has 0 atom stereocenters. The second kappa shape index (κ2) is 8.83. The smallest absolute Gasteiger partial charge is 0.254 e. The molecule has 1 amide bonds. The van der Waals surface area contributed by atoms with Gasteiger partial charge in [-0.15, -0.1) is 0 Å². The van der Waals surface area contributed by atoms with Gasteiger partial charge in [-0.2, -0.15) is 0 Å². The standard InChI is InChI=1S/C27H23N5OS/c33-26(32-14-11-19(12-15-32)22-16-29-25-21(22)4-3-13-28-25)20-9-7-18(8-10-20)17-34-27-30-23-5-1-2-6-24(23)31-27/h1-11,13,16H,12,14-15,17H2,(H,28,29)(H,30,31). The molecule has 0 saturated heterocycles. The predicted octanol–water partition coefficient (Wildman–Crippen LogP) is 5.66. The van der Waals surface area contributed by atoms with E-state index < -0.39 is 0 Å². The van der Waals surface area contributed by atoms with Crippen molar-refractivity contribution < 1.29 is 4.79 Å². The molecule has 6 nitrogen and oxygen atoms in total. The van der Waals surface area contributed by atoms with Crippen LogP contribution in [0.2, 0.25) is 0 Å². The molecule has 1 aliphatic rings. The van der Waals surface area contributed by atoms with Gasteiger partial charge in [0.2, 0.25) is 0 Å². The molecule has 7 heteroatoms. The van der Waals surface area contributed by atoms with Crippen LogP contribution in [0.1, 0.15) is 27.9 Å². The molecule has 5 aromatic rings. The van der Waals surface area contributed by atoms with Crippen LogP contribution in [-0.2, 0) is 5.75 Å². The molecule has 0 aliphatic carbocycles. The van der Waals surface area contributed by atoms with Crippen LogP contribution >= 0.6 is 11.8 Å². The van der Waals surface area contributed by atoms with Gasteiger partial charge in [0.05, 0.1) is 11.0 Å². The van der Waals surface area contributed by atoms with Gasteiger partial charge in [-0.25, -0.2) is 9.97 Å². The predicted molar refractivity (Wildman–Crippen MR) is 137 cm³/mol. The van der Waals surface area contributed by atoms with Crippen molar-refractivity contribution in [2.24, 2.45) is 0 Å². The van der Waals surface area contributed by atoms with Crippen molar-refractivity contribution in [1.82, 2.24) is 24.8 Å². The van der Waals surface area contributed by atoms with E-state index in [1.165, 1.54) is 11.1 Å². The number of amides is 1. The van der Waals surface area contributed by atoms with Crippen LogP contribution < -0.4 is 0 Å². The van der Waals surface area contributed by atoms with Crippen molar-refractivity contribution in [3.63, 3.8) is 0 Å². The first kappa shape index (κ1) is 20.7. The van der Waals surface area contributed by atoms with Gasteiger partial charge in [-0.05, 0) is 54.0 Å². The molecule has 168 valence electrons. The first-order valence-electron chi connectivity index (χ1n) is 11.3. The maximum Gasteiger partial charge on any atom is 0.254 e. The van der Waals surface area contributed by atoms with Gasteiger partial charge in [0, 0.05) is 47.7 Å². The number of nitrogens with one attached hydrogen (secondary N) is 2. The largest absolute Gasteiger partial charge is 0.346 e. The summed E-state index contributed by atoms with van der Waals surface area (Å²) < 4.78 is 0. The Morgan fingerprint density at radius 2 is 1.94 bits per heavy atom. The minimum Gasteiger partial charge on any atom is -0.346 e. The van der Waals surface area contributed by atoms with E-state index in [-0.39, 0.29) is 5.91 Å². The molecule has 1 aliphatic heterocycles. The zero-order valence-electron chi connectivity index (χ0n) is 18.5. The number of rotatable bonds is 5. The van der Waals surface area contributed by atoms with Gasteiger partial charge in [0.25, 0.3) is 5.91 Å². The number of thioether (sulfide) groups is 1. The summed E-state index contributed by atoms with van der Waals surface area (Å²) >= 11 is 1.66. The zero-order chi connectivity index (χ0) is 22.9. The SMILES string of the molecule is O=C(c1ccc(CSc2nc3ccccc3[nH]2)cc1)N1CC=C(c2c[nH]c3ncccc23)CC1. The maximum atomic E-state index is 13.1. The van der Waals surface area contributed by atoms with E-state index in [1.807, 2.05) is 65.7 Å². The van der Waals surface area contributed by atoms with Crippen molar-refractivity contribution in [3.05, 3.63) is 95.8 Å². The molecule has 6 rings (SSSR count). The Hall–Kier alpha value is -3.84. The Balaban J connectivity index is 1.09. The number of pyridine rings is 1. The number of H-pyrrole nitrogens is 2. The Morgan fingerprint density at radius 3 is 2.76 bits per heavy atom. The molecule has 0 bridgehead atoms. The molecule has 0 saturated carbocycles. The number of aromatic nitrogens is 4. The third-order valence-electron chi connectivity index (χ3n) is 6.24. The molecule has 34 heavy (non-hydrogen) atoms. The summed E-state index contributed by atoms with van der Waals surface area (Å²) in [6.07, 6.45) is 6.80. The number of hydrogen-bond acceptors (Lipinski definition) is 4. The highest BCUT2D eigenvalue weighted by Gasteiger charge is 2.20. The van der Waals surface area contributed by atoms with E-state index >= 15 is 0 Å². The Kier molecular flexibility index (Phi) is 5.39. The number of benzene rings is 2. The van der Waals surface area contributed by atoms with Crippen molar-refractivity contribution in [2.75, 3.05) is 13.1 Å². The lowest BCUT2D eigenvalue weighted by atomic mass is 9.99. The minimum atomic E-state index is 0.0763. The lowest BCUT2D eigenvalue weighted by Crippen LogP contribution is -2.34. The summed E-state index contributed by atoms with van der Waals surface area (Å²) in [5.41, 5.74) is 7.26. The fourth-order valence-electron chi connectivity index (χ4n) is 4.40. The van der Waals surface area contributed by atoms with Gasteiger partial charge < -0.3 is 14.9 Å². The van der Waals surface area contributed by atoms with Crippen LogP contribution in [0.4, 0.5) is 0 Å². The molecule has 2 N–H and O–H groups in total. The Morgan fingerprint density at radius 1 is 1.06 bits per heavy atom. The highest BCUT2D eigenvalue weighted by Crippen LogP contribution is 2.29. The van der Waals surface area contributed by atoms with E-state index in [4.69, 9.17) is 0 Å². The second-order valence-corrected chi connectivity index (χ2v) is 9.34. The lowest BCUT2D eigenvalue weighted by Gasteiger charge is -2.26. The van der Waals surface area contributed by atoms with Gasteiger partial charge >= 0.3 is 0 Å². The Bertz CT molecular complexity index is 1480. The van der Waals surface area contributed by atoms with Gasteiger partial charge in [-0.1, -0.05) is 42.1 Å². The van der Waals surface area contributed by atoms with Crippen molar-refractivity contribution in [3.8, 4) is 0 Å². The lowest BCUT2D eigenvalue weighted by molar-refractivity contribution is 0.0773. The molecule has 0 radical (unpaired) electrons. The number of aromatic amines is 2. The molecule has 3 aromatic heterocycles. The number of carbonyl (C=O) groups is 1. The molecule has 0 fully saturated rings. The van der Waals surface area contributed by atoms with E-state index in [1.54, 1.807) is 18.0 Å². The summed E-state index contributed by atoms with van der Waals surface area (Å²) in [6, 6.07) is 20.0. The van der Waals surface area contributed by atoms with Crippen LogP contribution in [0.5, 0.6) is 0 Å². The van der Waals surface area contributed by atoms with Gasteiger partial charge in [-0.3, -0.25) is 4.79 Å². The third kappa shape index (κ3) is 3.99. The number of fused-ring (bicyclic) bond motifs is 2. The van der Waals surface area contributed by atoms with Crippen LogP contribution in [0.3, 0.4) is 0 Å². The van der Waals surface area contributed by atoms with Crippen molar-refractivity contribution >= 4 is 45.3 Å². The number of carbonyl (C=O) groups excluding carboxylic acids is 1. The number of imidazole rings is 1. The summed E-state index contributed by atoms with van der Waals surface area (Å²) in [5.74, 6) is 0.871. The molecular formula is C27H23N5OS. The number of hydrogen-bond donors (Lipinski definition) is 2. The summed E-state index contributed by atoms with van der Waals surface area (Å²) in [5, 5.41) is 2.04. The Labute approximate surface area is 201 Å². The maximum absolute atomic E-state index is 13.1. The first-order chi connectivity index (χ1) is 16.7. The topological polar surface area (TPSA) is 77.7 Å². The molecule has 0 spiro atoms. The third-order valence-corrected chi connectivity index (χ3v) is 7.18. The highest BCUT2D eigenvalue weighted by molar-refractivity contribution is 7.98. The molecule has 4 heterocycles. The van der Waals surface area contributed by atoms with Crippen LogP contribution in [0, 0.1) is 0 Å². The van der Waals surface area contributed by atoms with Crippen molar-refractivity contribution in [2.45, 2.75) is 17.3 Å². The zero-order valence-corrected chi connectivity index (χ0v) is 19.3. The van der Waals surface area contributed by atoms with Crippen LogP contribution in [0.25, 0.3) is 27.6 Å². The summed E-state index contributed by atoms with van der Waals surface area (Å²) in [4.78, 5) is 30.5. The minimum absolute atomic E-state index is 0.0763. The highest BCUT2D eigenvalue weighted by atomic mass is 32.2. The average molecular weight is 466 g/mol. The quantitative estimate of drug-likeness (QED) is 0.328. The molecule has 0 unspecified atom stereocenters. The fraction of sp³-hybridized carbons (Fsp3) is 0.148. The normalized spacial score (nSPS) is 14.0. The first-order valence-corrected chi connectivity index (χ1v) is 12.3. The van der Waals surface area contributed by atoms with Gasteiger partial charge in [0.1, 0.15) is 5.65 Å². The second-order valence-electron chi connectivity index (χ2n) is 8.38. The number of para-hydroxylation sites is 2. The van der Waals surface area contributed by atoms with Crippen LogP contribution in [-0.4, -0.2) is 43.8 Å². The van der Waals surface area contributed by atoms with E-state index in [0.717, 1.165) is 50.5 Å². The molecule has 2 aromatic carbocycles. The monoisotopic (exact) mass is 465 g/mol. The summed E-state index contributed by atoms with van der Waals surface area (Å²) in [7, 11) is 0. The molecular weight excluding hydrogens is 442 g/mol.